The van der Waals surface area contributed by atoms with Gasteiger partial charge >= 0.3 is 0 Å². The minimum Gasteiger partial charge on any atom is -0.493 e. The molecule has 0 saturated carbocycles. The summed E-state index contributed by atoms with van der Waals surface area (Å²) >= 11 is 0. The Kier molecular flexibility index (Phi) is 4.86. The topological polar surface area (TPSA) is 52.6 Å². The predicted octanol–water partition coefficient (Wildman–Crippen LogP) is 3.25. The van der Waals surface area contributed by atoms with Gasteiger partial charge in [-0.05, 0) is 69.8 Å². The van der Waals surface area contributed by atoms with Crippen molar-refractivity contribution in [2.24, 2.45) is 0 Å². The van der Waals surface area contributed by atoms with E-state index < -0.39 is 9.84 Å². The van der Waals surface area contributed by atoms with Crippen LogP contribution in [0.4, 0.5) is 0 Å². The molecule has 3 aromatic rings. The van der Waals surface area contributed by atoms with Crippen LogP contribution in [0, 0.1) is 10.4 Å². The predicted molar refractivity (Wildman–Crippen MR) is 121 cm³/mol. The molecular formula is C26H24O4S. The third-order valence-corrected chi connectivity index (χ3v) is 8.28. The maximum Gasteiger partial charge on any atom is 0.203 e. The highest BCUT2D eigenvalue weighted by Gasteiger charge is 2.27. The van der Waals surface area contributed by atoms with E-state index in [-0.39, 0.29) is 4.90 Å². The van der Waals surface area contributed by atoms with Gasteiger partial charge in [-0.2, -0.15) is 0 Å². The first-order chi connectivity index (χ1) is 15.0. The molecule has 0 aliphatic heterocycles. The molecule has 0 radical (unpaired) electrons. The van der Waals surface area contributed by atoms with E-state index in [1.807, 2.05) is 6.07 Å². The lowest BCUT2D eigenvalue weighted by Gasteiger charge is -2.21. The van der Waals surface area contributed by atoms with Gasteiger partial charge in [-0.3, -0.25) is 0 Å². The Hall–Kier alpha value is -3.05. The van der Waals surface area contributed by atoms with Crippen LogP contribution in [0.5, 0.6) is 11.5 Å². The summed E-state index contributed by atoms with van der Waals surface area (Å²) in [5, 5.41) is 4.56. The molecule has 0 fully saturated rings. The summed E-state index contributed by atoms with van der Waals surface area (Å²) < 4.78 is 37.9. The highest BCUT2D eigenvalue weighted by molar-refractivity contribution is 8.00. The minimum atomic E-state index is -3.65. The van der Waals surface area contributed by atoms with Gasteiger partial charge in [-0.15, -0.1) is 0 Å². The first-order valence-electron chi connectivity index (χ1n) is 10.4. The standard InChI is InChI=1S/C26H24O4S/c1-29-24-15-11-18(16-25(24)30-2)31(27,28)26-9-5-8-20-22-12-10-17-6-3-4-7-19(17)21(22)13-14-23(20)26/h3-4,6-7,10-11,13-16H,5,8-9,12H2,1-2H3. The molecular weight excluding hydrogens is 408 g/mol. The van der Waals surface area contributed by atoms with Crippen molar-refractivity contribution < 1.29 is 17.9 Å². The van der Waals surface area contributed by atoms with Crippen molar-refractivity contribution >= 4 is 20.8 Å². The minimum absolute atomic E-state index is 0.239. The van der Waals surface area contributed by atoms with Gasteiger partial charge in [0.2, 0.25) is 9.84 Å². The van der Waals surface area contributed by atoms with Gasteiger partial charge in [0.05, 0.1) is 24.0 Å². The van der Waals surface area contributed by atoms with Gasteiger partial charge in [-0.1, -0.05) is 42.5 Å². The van der Waals surface area contributed by atoms with E-state index >= 15 is 0 Å². The Bertz CT molecular complexity index is 1520. The van der Waals surface area contributed by atoms with Gasteiger partial charge in [0.1, 0.15) is 0 Å². The molecule has 2 aliphatic carbocycles. The second kappa shape index (κ2) is 7.57. The van der Waals surface area contributed by atoms with Crippen LogP contribution >= 0.6 is 0 Å². The molecule has 31 heavy (non-hydrogen) atoms. The summed E-state index contributed by atoms with van der Waals surface area (Å²) in [6.07, 6.45) is 5.35. The number of hydrogen-bond donors (Lipinski definition) is 0. The van der Waals surface area contributed by atoms with Crippen molar-refractivity contribution in [2.45, 2.75) is 30.6 Å². The van der Waals surface area contributed by atoms with Gasteiger partial charge in [-0.25, -0.2) is 8.42 Å². The monoisotopic (exact) mass is 432 g/mol. The fourth-order valence-corrected chi connectivity index (χ4v) is 6.51. The third kappa shape index (κ3) is 3.15. The molecule has 5 rings (SSSR count). The lowest BCUT2D eigenvalue weighted by atomic mass is 9.89. The second-order valence-corrected chi connectivity index (χ2v) is 9.88. The van der Waals surface area contributed by atoms with Crippen molar-refractivity contribution in [2.75, 3.05) is 14.2 Å². The molecule has 5 heteroatoms. The highest BCUT2D eigenvalue weighted by atomic mass is 32.2. The van der Waals surface area contributed by atoms with Gasteiger partial charge in [0.25, 0.3) is 0 Å². The average Bonchev–Trinajstić information content (AvgIpc) is 2.82. The van der Waals surface area contributed by atoms with E-state index in [2.05, 4.69) is 36.4 Å². The smallest absolute Gasteiger partial charge is 0.203 e. The summed E-state index contributed by atoms with van der Waals surface area (Å²) in [4.78, 5) is 0.741. The van der Waals surface area contributed by atoms with Crippen molar-refractivity contribution in [1.29, 1.82) is 0 Å². The van der Waals surface area contributed by atoms with E-state index in [4.69, 9.17) is 9.47 Å². The van der Waals surface area contributed by atoms with Crippen molar-refractivity contribution in [3.05, 3.63) is 86.6 Å². The van der Waals surface area contributed by atoms with Crippen molar-refractivity contribution in [1.82, 2.24) is 0 Å². The van der Waals surface area contributed by atoms with Crippen LogP contribution in [0.3, 0.4) is 0 Å². The lowest BCUT2D eigenvalue weighted by Crippen LogP contribution is -2.26. The molecule has 0 bridgehead atoms. The number of ether oxygens (including phenoxy) is 2. The largest absolute Gasteiger partial charge is 0.493 e. The SMILES string of the molecule is COc1ccc(S(=O)(=O)C2=c3ccc4c(c3CCC2)CC=c2ccccc2=4)cc1OC. The number of methoxy groups -OCH3 is 2. The maximum absolute atomic E-state index is 13.6. The lowest BCUT2D eigenvalue weighted by molar-refractivity contribution is 0.354. The van der Waals surface area contributed by atoms with Crippen LogP contribution in [-0.2, 0) is 22.7 Å². The van der Waals surface area contributed by atoms with Crippen molar-refractivity contribution in [3.8, 4) is 11.5 Å². The average molecular weight is 433 g/mol. The van der Waals surface area contributed by atoms with E-state index in [1.54, 1.807) is 18.2 Å². The first kappa shape index (κ1) is 19.9. The van der Waals surface area contributed by atoms with Crippen LogP contribution in [0.1, 0.15) is 24.0 Å². The molecule has 3 aromatic carbocycles. The zero-order valence-corrected chi connectivity index (χ0v) is 18.5. The summed E-state index contributed by atoms with van der Waals surface area (Å²) in [6, 6.07) is 17.3. The fraction of sp³-hybridized carbons (Fsp3) is 0.231. The Balaban J connectivity index is 1.77. The molecule has 0 saturated heterocycles. The van der Waals surface area contributed by atoms with Crippen LogP contribution in [0.2, 0.25) is 0 Å². The maximum atomic E-state index is 13.6. The van der Waals surface area contributed by atoms with Crippen LogP contribution in [0.25, 0.3) is 11.0 Å². The van der Waals surface area contributed by atoms with Crippen LogP contribution in [0.15, 0.2) is 59.5 Å². The summed E-state index contributed by atoms with van der Waals surface area (Å²) in [5.41, 5.74) is 2.43. The quantitative estimate of drug-likeness (QED) is 0.635. The van der Waals surface area contributed by atoms with E-state index in [9.17, 15) is 8.42 Å². The number of rotatable bonds is 4. The Morgan fingerprint density at radius 1 is 0.774 bits per heavy atom. The van der Waals surface area contributed by atoms with Gasteiger partial charge in [0, 0.05) is 6.07 Å². The van der Waals surface area contributed by atoms with Gasteiger partial charge < -0.3 is 9.47 Å². The first-order valence-corrected chi connectivity index (χ1v) is 11.9. The number of fused-ring (bicyclic) bond motifs is 4. The molecule has 0 unspecified atom stereocenters. The van der Waals surface area contributed by atoms with Crippen LogP contribution in [-0.4, -0.2) is 22.6 Å². The second-order valence-electron chi connectivity index (χ2n) is 7.91. The summed E-state index contributed by atoms with van der Waals surface area (Å²) in [7, 11) is -0.599. The molecule has 0 aromatic heterocycles. The number of hydrogen-bond acceptors (Lipinski definition) is 4. The van der Waals surface area contributed by atoms with E-state index in [1.165, 1.54) is 41.0 Å². The fourth-order valence-electron chi connectivity index (χ4n) is 4.82. The van der Waals surface area contributed by atoms with Crippen molar-refractivity contribution in [3.63, 3.8) is 0 Å². The molecule has 0 N–H and O–H groups in total. The zero-order chi connectivity index (χ0) is 21.6. The third-order valence-electron chi connectivity index (χ3n) is 6.33. The van der Waals surface area contributed by atoms with Crippen LogP contribution < -0.4 is 19.9 Å². The Morgan fingerprint density at radius 2 is 1.55 bits per heavy atom. The molecule has 158 valence electrons. The molecule has 0 heterocycles. The molecule has 0 spiro atoms. The molecule has 0 atom stereocenters. The molecule has 0 amide bonds. The van der Waals surface area contributed by atoms with E-state index in [0.717, 1.165) is 24.5 Å². The van der Waals surface area contributed by atoms with E-state index in [0.29, 0.717) is 22.8 Å². The summed E-state index contributed by atoms with van der Waals surface area (Å²) in [6.45, 7) is 0. The molecule has 2 aliphatic rings. The Labute approximate surface area is 181 Å². The number of benzene rings is 3. The number of sulfone groups is 1. The normalized spacial score (nSPS) is 14.7. The zero-order valence-electron chi connectivity index (χ0n) is 17.6. The highest BCUT2D eigenvalue weighted by Crippen LogP contribution is 2.34. The van der Waals surface area contributed by atoms with Gasteiger partial charge in [0.15, 0.2) is 11.5 Å². The molecule has 4 nitrogen and oxygen atoms in total. The summed E-state index contributed by atoms with van der Waals surface area (Å²) in [5.74, 6) is 0.927. The Morgan fingerprint density at radius 3 is 2.35 bits per heavy atom.